The summed E-state index contributed by atoms with van der Waals surface area (Å²) in [5.41, 5.74) is 2.46. The van der Waals surface area contributed by atoms with E-state index in [1.54, 1.807) is 6.07 Å². The molecular formula is C27H22F3N5O2. The number of alkyl halides is 1. The Kier molecular flexibility index (Phi) is 6.17. The minimum Gasteiger partial charge on any atom is -0.491 e. The molecule has 1 aliphatic rings. The van der Waals surface area contributed by atoms with Gasteiger partial charge in [0.2, 0.25) is 0 Å². The van der Waals surface area contributed by atoms with Crippen LogP contribution in [0.3, 0.4) is 0 Å². The molecule has 0 spiro atoms. The summed E-state index contributed by atoms with van der Waals surface area (Å²) in [6.45, 7) is 11.3. The van der Waals surface area contributed by atoms with E-state index >= 15 is 0 Å². The van der Waals surface area contributed by atoms with Crippen molar-refractivity contribution in [2.45, 2.75) is 32.5 Å². The minimum atomic E-state index is -1.18. The van der Waals surface area contributed by atoms with Crippen molar-refractivity contribution in [3.05, 3.63) is 87.0 Å². The third-order valence-corrected chi connectivity index (χ3v) is 6.34. The highest BCUT2D eigenvalue weighted by Crippen LogP contribution is 2.35. The van der Waals surface area contributed by atoms with Crippen LogP contribution in [0.15, 0.2) is 41.2 Å². The van der Waals surface area contributed by atoms with Gasteiger partial charge in [0.05, 0.1) is 36.3 Å². The van der Waals surface area contributed by atoms with Crippen LogP contribution in [0.25, 0.3) is 32.6 Å². The van der Waals surface area contributed by atoms with E-state index in [4.69, 9.17) is 16.3 Å². The van der Waals surface area contributed by atoms with E-state index in [0.717, 1.165) is 35.2 Å². The van der Waals surface area contributed by atoms with E-state index in [-0.39, 0.29) is 35.6 Å². The number of fused-ring (bicyclic) bond motifs is 1. The third kappa shape index (κ3) is 4.32. The Labute approximate surface area is 210 Å². The Bertz CT molecular complexity index is 1620. The van der Waals surface area contributed by atoms with Crippen molar-refractivity contribution >= 4 is 16.6 Å². The number of aromatic nitrogens is 3. The number of hydrogen-bond acceptors (Lipinski definition) is 5. The second-order valence-corrected chi connectivity index (χ2v) is 8.99. The molecule has 2 aromatic carbocycles. The molecule has 5 rings (SSSR count). The van der Waals surface area contributed by atoms with Gasteiger partial charge in [-0.3, -0.25) is 14.3 Å². The zero-order valence-electron chi connectivity index (χ0n) is 20.3. The fourth-order valence-electron chi connectivity index (χ4n) is 4.81. The van der Waals surface area contributed by atoms with Gasteiger partial charge < -0.3 is 10.1 Å². The minimum absolute atomic E-state index is 0.0298. The summed E-state index contributed by atoms with van der Waals surface area (Å²) in [5, 5.41) is 3.10. The lowest BCUT2D eigenvalue weighted by atomic mass is 10.00. The number of rotatable bonds is 4. The average molecular weight is 506 g/mol. The second-order valence-electron chi connectivity index (χ2n) is 8.99. The summed E-state index contributed by atoms with van der Waals surface area (Å²) in [7, 11) is 1.14. The molecule has 0 radical (unpaired) electrons. The van der Waals surface area contributed by atoms with Crippen LogP contribution in [0.4, 0.5) is 18.9 Å². The molecule has 1 unspecified atom stereocenters. The lowest BCUT2D eigenvalue weighted by molar-refractivity contribution is 0.354. The van der Waals surface area contributed by atoms with E-state index in [9.17, 15) is 18.0 Å². The van der Waals surface area contributed by atoms with Crippen molar-refractivity contribution in [1.82, 2.24) is 19.9 Å². The molecule has 188 valence electrons. The summed E-state index contributed by atoms with van der Waals surface area (Å²) >= 11 is 0. The van der Waals surface area contributed by atoms with Gasteiger partial charge in [0.25, 0.3) is 5.56 Å². The predicted octanol–water partition coefficient (Wildman–Crippen LogP) is 5.27. The van der Waals surface area contributed by atoms with Gasteiger partial charge in [-0.25, -0.2) is 23.0 Å². The zero-order valence-corrected chi connectivity index (χ0v) is 20.3. The monoisotopic (exact) mass is 505 g/mol. The Morgan fingerprint density at radius 1 is 1.08 bits per heavy atom. The molecule has 7 nitrogen and oxygen atoms in total. The standard InChI is InChI=1S/C27H22F3N5O2/c1-13-5-15(6-14(2)33-13)19-8-17(31-3)9-20-24(19)34-26(23-7-16(28)12-32-23)35(27(20)36)18-10-21(29)25(37-4)22(30)11-18/h5-6,8-11,16,23,32H,7,12H2,1-2,4H3/t16-,23?/m0/s1. The average Bonchev–Trinajstić information content (AvgIpc) is 3.28. The molecule has 1 aliphatic heterocycles. The quantitative estimate of drug-likeness (QED) is 0.383. The first-order chi connectivity index (χ1) is 17.7. The number of halogens is 3. The Hall–Kier alpha value is -4.23. The lowest BCUT2D eigenvalue weighted by Gasteiger charge is -2.20. The highest BCUT2D eigenvalue weighted by atomic mass is 19.1. The molecule has 2 atom stereocenters. The van der Waals surface area contributed by atoms with Crippen molar-refractivity contribution < 1.29 is 17.9 Å². The molecule has 0 saturated carbocycles. The molecular weight excluding hydrogens is 483 g/mol. The maximum atomic E-state index is 14.7. The Morgan fingerprint density at radius 2 is 1.76 bits per heavy atom. The number of hydrogen-bond donors (Lipinski definition) is 1. The fraction of sp³-hybridized carbons (Fsp3) is 0.259. The predicted molar refractivity (Wildman–Crippen MR) is 133 cm³/mol. The first-order valence-electron chi connectivity index (χ1n) is 11.5. The molecule has 1 saturated heterocycles. The number of nitrogens with zero attached hydrogens (tertiary/aromatic N) is 4. The zero-order chi connectivity index (χ0) is 26.4. The highest BCUT2D eigenvalue weighted by Gasteiger charge is 2.31. The molecule has 0 bridgehead atoms. The number of pyridine rings is 1. The van der Waals surface area contributed by atoms with Gasteiger partial charge in [0.1, 0.15) is 12.0 Å². The summed E-state index contributed by atoms with van der Waals surface area (Å²) in [6.07, 6.45) is -1.15. The van der Waals surface area contributed by atoms with Crippen molar-refractivity contribution in [3.8, 4) is 22.6 Å². The largest absolute Gasteiger partial charge is 0.491 e. The summed E-state index contributed by atoms with van der Waals surface area (Å²) in [5.74, 6) is -2.48. The molecule has 0 aliphatic carbocycles. The first-order valence-corrected chi connectivity index (χ1v) is 11.5. The van der Waals surface area contributed by atoms with Gasteiger partial charge in [0, 0.05) is 36.5 Å². The van der Waals surface area contributed by atoms with Crippen LogP contribution in [-0.2, 0) is 0 Å². The third-order valence-electron chi connectivity index (χ3n) is 6.34. The molecule has 10 heteroatoms. The van der Waals surface area contributed by atoms with E-state index in [2.05, 4.69) is 15.1 Å². The lowest BCUT2D eigenvalue weighted by Crippen LogP contribution is -2.29. The van der Waals surface area contributed by atoms with E-state index in [1.807, 2.05) is 26.0 Å². The highest BCUT2D eigenvalue weighted by molar-refractivity contribution is 5.96. The maximum absolute atomic E-state index is 14.7. The smallest absolute Gasteiger partial charge is 0.264 e. The van der Waals surface area contributed by atoms with E-state index < -0.39 is 35.2 Å². The number of aryl methyl sites for hydroxylation is 2. The Balaban J connectivity index is 1.89. The summed E-state index contributed by atoms with van der Waals surface area (Å²) in [6, 6.07) is 7.93. The van der Waals surface area contributed by atoms with Gasteiger partial charge in [-0.1, -0.05) is 0 Å². The van der Waals surface area contributed by atoms with Crippen LogP contribution in [-0.4, -0.2) is 34.4 Å². The molecule has 0 amide bonds. The molecule has 1 fully saturated rings. The number of benzene rings is 2. The van der Waals surface area contributed by atoms with Gasteiger partial charge in [-0.05, 0) is 49.2 Å². The van der Waals surface area contributed by atoms with Crippen LogP contribution in [0.5, 0.6) is 5.75 Å². The summed E-state index contributed by atoms with van der Waals surface area (Å²) in [4.78, 5) is 26.6. The van der Waals surface area contributed by atoms with Gasteiger partial charge >= 0.3 is 0 Å². The van der Waals surface area contributed by atoms with Crippen molar-refractivity contribution in [3.63, 3.8) is 0 Å². The van der Waals surface area contributed by atoms with E-state index in [1.165, 1.54) is 6.07 Å². The molecule has 4 aromatic rings. The second kappa shape index (κ2) is 9.33. The van der Waals surface area contributed by atoms with Crippen LogP contribution in [0.2, 0.25) is 0 Å². The topological polar surface area (TPSA) is 73.4 Å². The molecule has 3 heterocycles. The molecule has 37 heavy (non-hydrogen) atoms. The number of nitrogens with one attached hydrogen (secondary N) is 1. The van der Waals surface area contributed by atoms with Gasteiger partial charge in [-0.2, -0.15) is 0 Å². The number of ether oxygens (including phenoxy) is 1. The number of methoxy groups -OCH3 is 1. The first kappa shape index (κ1) is 24.5. The molecule has 2 aromatic heterocycles. The normalized spacial score (nSPS) is 17.2. The van der Waals surface area contributed by atoms with Crippen LogP contribution < -0.4 is 15.6 Å². The van der Waals surface area contributed by atoms with Crippen molar-refractivity contribution in [1.29, 1.82) is 0 Å². The van der Waals surface area contributed by atoms with Crippen LogP contribution in [0, 0.1) is 32.1 Å². The fourth-order valence-corrected chi connectivity index (χ4v) is 4.81. The Morgan fingerprint density at radius 3 is 2.32 bits per heavy atom. The van der Waals surface area contributed by atoms with Crippen LogP contribution >= 0.6 is 0 Å². The van der Waals surface area contributed by atoms with Gasteiger partial charge in [-0.15, -0.1) is 0 Å². The van der Waals surface area contributed by atoms with Crippen molar-refractivity contribution in [2.75, 3.05) is 13.7 Å². The summed E-state index contributed by atoms with van der Waals surface area (Å²) < 4.78 is 49.4. The van der Waals surface area contributed by atoms with Crippen LogP contribution in [0.1, 0.15) is 29.7 Å². The van der Waals surface area contributed by atoms with Gasteiger partial charge in [0.15, 0.2) is 23.1 Å². The molecule has 1 N–H and O–H groups in total. The van der Waals surface area contributed by atoms with Crippen molar-refractivity contribution in [2.24, 2.45) is 0 Å². The maximum Gasteiger partial charge on any atom is 0.264 e. The van der Waals surface area contributed by atoms with E-state index in [0.29, 0.717) is 16.6 Å². The SMILES string of the molecule is [C-]#[N+]c1cc(-c2cc(C)nc(C)c2)c2nc(C3C[C@H](F)CN3)n(-c3cc(F)c(OC)c(F)c3)c(=O)c2c1.